The molecule has 0 saturated heterocycles. The number of amides is 2. The molecule has 6 heteroatoms. The lowest BCUT2D eigenvalue weighted by Crippen LogP contribution is -2.31. The molecule has 1 aliphatic heterocycles. The minimum atomic E-state index is -0.297. The molecule has 27 heavy (non-hydrogen) atoms. The molecule has 1 N–H and O–H groups in total. The molecule has 2 aromatic heterocycles. The van der Waals surface area contributed by atoms with E-state index in [2.05, 4.69) is 10.3 Å². The van der Waals surface area contributed by atoms with Crippen LogP contribution in [0.3, 0.4) is 0 Å². The first-order chi connectivity index (χ1) is 13.1. The van der Waals surface area contributed by atoms with Crippen molar-refractivity contribution in [2.45, 2.75) is 25.9 Å². The summed E-state index contributed by atoms with van der Waals surface area (Å²) in [5.41, 5.74) is 2.57. The van der Waals surface area contributed by atoms with Crippen molar-refractivity contribution in [1.29, 1.82) is 0 Å². The molecule has 0 aliphatic carbocycles. The quantitative estimate of drug-likeness (QED) is 0.726. The summed E-state index contributed by atoms with van der Waals surface area (Å²) >= 11 is 1.56. The third kappa shape index (κ3) is 3.61. The Kier molecular flexibility index (Phi) is 4.73. The molecule has 0 bridgehead atoms. The summed E-state index contributed by atoms with van der Waals surface area (Å²) in [5.74, 6) is 0.349. The van der Waals surface area contributed by atoms with E-state index in [0.717, 1.165) is 21.7 Å². The zero-order valence-corrected chi connectivity index (χ0v) is 15.7. The van der Waals surface area contributed by atoms with Crippen LogP contribution in [0.15, 0.2) is 60.0 Å². The van der Waals surface area contributed by atoms with E-state index >= 15 is 0 Å². The van der Waals surface area contributed by atoms with Gasteiger partial charge in [0, 0.05) is 22.7 Å². The van der Waals surface area contributed by atoms with Gasteiger partial charge in [0.25, 0.3) is 5.91 Å². The molecule has 5 nitrogen and oxygen atoms in total. The summed E-state index contributed by atoms with van der Waals surface area (Å²) in [7, 11) is 0. The highest BCUT2D eigenvalue weighted by Crippen LogP contribution is 2.35. The van der Waals surface area contributed by atoms with Gasteiger partial charge in [-0.1, -0.05) is 30.3 Å². The fourth-order valence-corrected chi connectivity index (χ4v) is 4.20. The number of anilines is 1. The zero-order chi connectivity index (χ0) is 18.8. The van der Waals surface area contributed by atoms with E-state index in [9.17, 15) is 9.59 Å². The van der Waals surface area contributed by atoms with Crippen LogP contribution in [-0.4, -0.2) is 21.7 Å². The molecule has 3 aromatic rings. The van der Waals surface area contributed by atoms with Crippen LogP contribution in [0.4, 0.5) is 5.82 Å². The van der Waals surface area contributed by atoms with Crippen LogP contribution in [-0.2, 0) is 11.3 Å². The average molecular weight is 377 g/mol. The third-order valence-electron chi connectivity index (χ3n) is 4.63. The normalized spacial score (nSPS) is 14.1. The standard InChI is InChI=1S/C21H19N3O2S/c1-14-6-4-10-19(22-14)23-20(25)12-17(18-9-5-11-27-18)24-13-15-7-2-3-8-16(15)21(24)26/h2-11,17H,12-13H2,1H3,(H,22,23,25). The maximum absolute atomic E-state index is 12.9. The molecule has 136 valence electrons. The number of nitrogens with one attached hydrogen (secondary N) is 1. The summed E-state index contributed by atoms with van der Waals surface area (Å²) in [6, 6.07) is 16.7. The highest BCUT2D eigenvalue weighted by atomic mass is 32.1. The fraction of sp³-hybridized carbons (Fsp3) is 0.190. The van der Waals surface area contributed by atoms with Crippen LogP contribution < -0.4 is 5.32 Å². The second-order valence-electron chi connectivity index (χ2n) is 6.54. The number of pyridine rings is 1. The molecular weight excluding hydrogens is 358 g/mol. The number of aryl methyl sites for hydroxylation is 1. The van der Waals surface area contributed by atoms with Crippen LogP contribution in [0, 0.1) is 6.92 Å². The van der Waals surface area contributed by atoms with Gasteiger partial charge in [0.2, 0.25) is 5.91 Å². The van der Waals surface area contributed by atoms with Crippen molar-refractivity contribution in [2.24, 2.45) is 0 Å². The first kappa shape index (κ1) is 17.4. The van der Waals surface area contributed by atoms with Crippen molar-refractivity contribution >= 4 is 29.0 Å². The number of rotatable bonds is 5. The van der Waals surface area contributed by atoms with Gasteiger partial charge in [0.1, 0.15) is 5.82 Å². The fourth-order valence-electron chi connectivity index (χ4n) is 3.36. The minimum absolute atomic E-state index is 0.0227. The smallest absolute Gasteiger partial charge is 0.255 e. The summed E-state index contributed by atoms with van der Waals surface area (Å²) in [4.78, 5) is 32.7. The van der Waals surface area contributed by atoms with Crippen LogP contribution in [0.1, 0.15) is 39.0 Å². The largest absolute Gasteiger partial charge is 0.326 e. The summed E-state index contributed by atoms with van der Waals surface area (Å²) in [6.07, 6.45) is 0.190. The van der Waals surface area contributed by atoms with Gasteiger partial charge >= 0.3 is 0 Å². The Labute approximate surface area is 161 Å². The number of thiophene rings is 1. The van der Waals surface area contributed by atoms with Gasteiger partial charge in [-0.3, -0.25) is 9.59 Å². The minimum Gasteiger partial charge on any atom is -0.326 e. The van der Waals surface area contributed by atoms with E-state index in [-0.39, 0.29) is 24.3 Å². The second kappa shape index (κ2) is 7.32. The maximum Gasteiger partial charge on any atom is 0.255 e. The van der Waals surface area contributed by atoms with Gasteiger partial charge in [-0.15, -0.1) is 11.3 Å². The number of hydrogen-bond donors (Lipinski definition) is 1. The second-order valence-corrected chi connectivity index (χ2v) is 7.52. The van der Waals surface area contributed by atoms with Crippen molar-refractivity contribution < 1.29 is 9.59 Å². The Hall–Kier alpha value is -2.99. The molecule has 1 aromatic carbocycles. The molecule has 3 heterocycles. The molecule has 1 atom stereocenters. The van der Waals surface area contributed by atoms with Gasteiger partial charge in [-0.05, 0) is 42.1 Å². The predicted molar refractivity (Wildman–Crippen MR) is 106 cm³/mol. The van der Waals surface area contributed by atoms with Crippen molar-refractivity contribution in [3.05, 3.63) is 81.7 Å². The topological polar surface area (TPSA) is 62.3 Å². The Morgan fingerprint density at radius 3 is 2.78 bits per heavy atom. The highest BCUT2D eigenvalue weighted by molar-refractivity contribution is 7.10. The Morgan fingerprint density at radius 1 is 1.19 bits per heavy atom. The number of aromatic nitrogens is 1. The molecule has 1 aliphatic rings. The van der Waals surface area contributed by atoms with Gasteiger partial charge in [-0.2, -0.15) is 0 Å². The third-order valence-corrected chi connectivity index (χ3v) is 5.61. The Morgan fingerprint density at radius 2 is 2.04 bits per heavy atom. The van der Waals surface area contributed by atoms with E-state index in [1.54, 1.807) is 22.3 Å². The molecule has 0 fully saturated rings. The first-order valence-corrected chi connectivity index (χ1v) is 9.65. The first-order valence-electron chi connectivity index (χ1n) is 8.77. The molecule has 2 amide bonds. The number of carbonyl (C=O) groups excluding carboxylic acids is 2. The van der Waals surface area contributed by atoms with Crippen LogP contribution in [0.5, 0.6) is 0 Å². The van der Waals surface area contributed by atoms with Crippen molar-refractivity contribution in [1.82, 2.24) is 9.88 Å². The summed E-state index contributed by atoms with van der Waals surface area (Å²) in [6.45, 7) is 2.40. The van der Waals surface area contributed by atoms with Crippen LogP contribution in [0.25, 0.3) is 0 Å². The van der Waals surface area contributed by atoms with E-state index in [4.69, 9.17) is 0 Å². The summed E-state index contributed by atoms with van der Waals surface area (Å²) < 4.78 is 0. The van der Waals surface area contributed by atoms with E-state index in [1.807, 2.05) is 60.8 Å². The number of fused-ring (bicyclic) bond motifs is 1. The average Bonchev–Trinajstić information content (AvgIpc) is 3.29. The van der Waals surface area contributed by atoms with Gasteiger partial charge in [0.15, 0.2) is 0 Å². The lowest BCUT2D eigenvalue weighted by molar-refractivity contribution is -0.117. The number of carbonyl (C=O) groups is 2. The van der Waals surface area contributed by atoms with Gasteiger partial charge in [-0.25, -0.2) is 4.98 Å². The molecule has 4 rings (SSSR count). The number of hydrogen-bond acceptors (Lipinski definition) is 4. The van der Waals surface area contributed by atoms with E-state index < -0.39 is 0 Å². The lowest BCUT2D eigenvalue weighted by atomic mass is 10.1. The number of nitrogens with zero attached hydrogens (tertiary/aromatic N) is 2. The molecule has 1 unspecified atom stereocenters. The number of benzene rings is 1. The van der Waals surface area contributed by atoms with Gasteiger partial charge in [0.05, 0.1) is 12.5 Å². The SMILES string of the molecule is Cc1cccc(NC(=O)CC(c2cccs2)N2Cc3ccccc3C2=O)n1. The van der Waals surface area contributed by atoms with E-state index in [0.29, 0.717) is 12.4 Å². The maximum atomic E-state index is 12.9. The Balaban J connectivity index is 1.56. The van der Waals surface area contributed by atoms with Crippen molar-refractivity contribution in [3.8, 4) is 0 Å². The molecule has 0 radical (unpaired) electrons. The predicted octanol–water partition coefficient (Wildman–Crippen LogP) is 4.18. The van der Waals surface area contributed by atoms with E-state index in [1.165, 1.54) is 0 Å². The molecule has 0 spiro atoms. The van der Waals surface area contributed by atoms with Crippen LogP contribution >= 0.6 is 11.3 Å². The highest BCUT2D eigenvalue weighted by Gasteiger charge is 2.34. The molecule has 0 saturated carbocycles. The summed E-state index contributed by atoms with van der Waals surface area (Å²) in [5, 5.41) is 4.82. The lowest BCUT2D eigenvalue weighted by Gasteiger charge is -2.26. The molecular formula is C21H19N3O2S. The Bertz CT molecular complexity index is 985. The zero-order valence-electron chi connectivity index (χ0n) is 14.9. The van der Waals surface area contributed by atoms with Crippen molar-refractivity contribution in [3.63, 3.8) is 0 Å². The van der Waals surface area contributed by atoms with Gasteiger partial charge < -0.3 is 10.2 Å². The van der Waals surface area contributed by atoms with Crippen LogP contribution in [0.2, 0.25) is 0 Å². The monoisotopic (exact) mass is 377 g/mol. The van der Waals surface area contributed by atoms with Crippen molar-refractivity contribution in [2.75, 3.05) is 5.32 Å².